The molecule has 6 heteroatoms. The van der Waals surface area contributed by atoms with Crippen molar-refractivity contribution in [3.63, 3.8) is 0 Å². The molecular formula is C12H13BrFNO3. The van der Waals surface area contributed by atoms with E-state index in [4.69, 9.17) is 5.11 Å². The first kappa shape index (κ1) is 14.6. The molecular weight excluding hydrogens is 305 g/mol. The van der Waals surface area contributed by atoms with E-state index in [1.807, 2.05) is 0 Å². The fraction of sp³-hybridized carbons (Fsp3) is 0.333. The molecule has 1 aromatic carbocycles. The highest BCUT2D eigenvalue weighted by Crippen LogP contribution is 2.16. The van der Waals surface area contributed by atoms with Crippen molar-refractivity contribution in [3.8, 4) is 0 Å². The number of carboxylic acids is 1. The smallest absolute Gasteiger partial charge is 0.306 e. The summed E-state index contributed by atoms with van der Waals surface area (Å²) in [6, 6.07) is 3.94. The van der Waals surface area contributed by atoms with Crippen LogP contribution in [0, 0.1) is 11.7 Å². The van der Waals surface area contributed by atoms with E-state index < -0.39 is 17.7 Å². The first-order valence-electron chi connectivity index (χ1n) is 5.38. The summed E-state index contributed by atoms with van der Waals surface area (Å²) in [6.07, 6.45) is 0.351. The molecule has 0 heterocycles. The standard InChI is InChI=1S/C12H13BrFNO3/c1-7(12(17)18)4-5-15-11(16)8-2-3-10(14)9(13)6-8/h2-3,6-7H,4-5H2,1H3,(H,15,16)(H,17,18). The van der Waals surface area contributed by atoms with Gasteiger partial charge in [0.15, 0.2) is 0 Å². The molecule has 1 aromatic rings. The van der Waals surface area contributed by atoms with Crippen molar-refractivity contribution in [1.82, 2.24) is 5.32 Å². The summed E-state index contributed by atoms with van der Waals surface area (Å²) >= 11 is 2.99. The average molecular weight is 318 g/mol. The molecule has 0 fully saturated rings. The van der Waals surface area contributed by atoms with Crippen molar-refractivity contribution in [2.75, 3.05) is 6.54 Å². The Labute approximate surface area is 112 Å². The molecule has 98 valence electrons. The van der Waals surface area contributed by atoms with Gasteiger partial charge in [0.1, 0.15) is 5.82 Å². The number of carbonyl (C=O) groups is 2. The summed E-state index contributed by atoms with van der Waals surface area (Å²) < 4.78 is 13.2. The lowest BCUT2D eigenvalue weighted by atomic mass is 10.1. The van der Waals surface area contributed by atoms with Gasteiger partial charge in [-0.25, -0.2) is 4.39 Å². The lowest BCUT2D eigenvalue weighted by molar-refractivity contribution is -0.141. The predicted octanol–water partition coefficient (Wildman–Crippen LogP) is 2.43. The quantitative estimate of drug-likeness (QED) is 0.876. The van der Waals surface area contributed by atoms with Gasteiger partial charge in [0, 0.05) is 12.1 Å². The van der Waals surface area contributed by atoms with Gasteiger partial charge in [-0.3, -0.25) is 9.59 Å². The highest BCUT2D eigenvalue weighted by atomic mass is 79.9. The zero-order chi connectivity index (χ0) is 13.7. The summed E-state index contributed by atoms with van der Waals surface area (Å²) in [7, 11) is 0. The third kappa shape index (κ3) is 4.10. The van der Waals surface area contributed by atoms with Gasteiger partial charge in [-0.1, -0.05) is 6.92 Å². The molecule has 1 atom stereocenters. The SMILES string of the molecule is CC(CCNC(=O)c1ccc(F)c(Br)c1)C(=O)O. The third-order valence-corrected chi connectivity index (χ3v) is 3.07. The number of amides is 1. The van der Waals surface area contributed by atoms with E-state index in [0.717, 1.165) is 0 Å². The summed E-state index contributed by atoms with van der Waals surface area (Å²) in [4.78, 5) is 22.2. The molecule has 0 bridgehead atoms. The number of hydrogen-bond acceptors (Lipinski definition) is 2. The first-order valence-corrected chi connectivity index (χ1v) is 6.17. The third-order valence-electron chi connectivity index (χ3n) is 2.47. The van der Waals surface area contributed by atoms with Gasteiger partial charge in [0.05, 0.1) is 10.4 Å². The fourth-order valence-electron chi connectivity index (χ4n) is 1.27. The Morgan fingerprint density at radius 2 is 2.17 bits per heavy atom. The summed E-state index contributed by atoms with van der Waals surface area (Å²) in [6.45, 7) is 1.84. The Hall–Kier alpha value is -1.43. The van der Waals surface area contributed by atoms with Crippen molar-refractivity contribution in [1.29, 1.82) is 0 Å². The normalized spacial score (nSPS) is 11.9. The lowest BCUT2D eigenvalue weighted by Gasteiger charge is -2.08. The monoisotopic (exact) mass is 317 g/mol. The lowest BCUT2D eigenvalue weighted by Crippen LogP contribution is -2.27. The Morgan fingerprint density at radius 1 is 1.50 bits per heavy atom. The van der Waals surface area contributed by atoms with Crippen LogP contribution >= 0.6 is 15.9 Å². The van der Waals surface area contributed by atoms with Crippen LogP contribution in [-0.2, 0) is 4.79 Å². The largest absolute Gasteiger partial charge is 0.481 e. The van der Waals surface area contributed by atoms with Crippen LogP contribution < -0.4 is 5.32 Å². The van der Waals surface area contributed by atoms with E-state index >= 15 is 0 Å². The van der Waals surface area contributed by atoms with Crippen molar-refractivity contribution in [3.05, 3.63) is 34.1 Å². The summed E-state index contributed by atoms with van der Waals surface area (Å²) in [5.41, 5.74) is 0.325. The Balaban J connectivity index is 2.50. The number of hydrogen-bond donors (Lipinski definition) is 2. The van der Waals surface area contributed by atoms with Gasteiger partial charge < -0.3 is 10.4 Å². The Morgan fingerprint density at radius 3 is 2.72 bits per heavy atom. The van der Waals surface area contributed by atoms with Gasteiger partial charge in [-0.2, -0.15) is 0 Å². The fourth-order valence-corrected chi connectivity index (χ4v) is 1.64. The highest BCUT2D eigenvalue weighted by molar-refractivity contribution is 9.10. The maximum absolute atomic E-state index is 13.0. The number of carbonyl (C=O) groups excluding carboxylic acids is 1. The maximum Gasteiger partial charge on any atom is 0.306 e. The van der Waals surface area contributed by atoms with E-state index in [2.05, 4.69) is 21.2 Å². The topological polar surface area (TPSA) is 66.4 Å². The zero-order valence-electron chi connectivity index (χ0n) is 9.74. The van der Waals surface area contributed by atoms with Gasteiger partial charge >= 0.3 is 5.97 Å². The van der Waals surface area contributed by atoms with Crippen molar-refractivity contribution < 1.29 is 19.1 Å². The number of halogens is 2. The zero-order valence-corrected chi connectivity index (χ0v) is 11.3. The van der Waals surface area contributed by atoms with Crippen LogP contribution in [0.2, 0.25) is 0 Å². The molecule has 0 aliphatic heterocycles. The van der Waals surface area contributed by atoms with E-state index in [0.29, 0.717) is 12.0 Å². The van der Waals surface area contributed by atoms with Crippen LogP contribution in [0.1, 0.15) is 23.7 Å². The van der Waals surface area contributed by atoms with Crippen LogP contribution in [0.15, 0.2) is 22.7 Å². The minimum atomic E-state index is -0.895. The summed E-state index contributed by atoms with van der Waals surface area (Å²) in [5, 5.41) is 11.3. The second-order valence-electron chi connectivity index (χ2n) is 3.91. The molecule has 0 saturated heterocycles. The molecule has 1 rings (SSSR count). The molecule has 1 unspecified atom stereocenters. The molecule has 2 N–H and O–H groups in total. The molecule has 0 saturated carbocycles. The minimum Gasteiger partial charge on any atom is -0.481 e. The van der Waals surface area contributed by atoms with Crippen molar-refractivity contribution in [2.24, 2.45) is 5.92 Å². The number of nitrogens with one attached hydrogen (secondary N) is 1. The number of aliphatic carboxylic acids is 1. The molecule has 0 aromatic heterocycles. The molecule has 0 radical (unpaired) electrons. The molecule has 0 aliphatic rings. The van der Waals surface area contributed by atoms with Crippen LogP contribution in [-0.4, -0.2) is 23.5 Å². The van der Waals surface area contributed by atoms with Gasteiger partial charge in [0.25, 0.3) is 5.91 Å². The molecule has 0 spiro atoms. The molecule has 18 heavy (non-hydrogen) atoms. The van der Waals surface area contributed by atoms with Crippen LogP contribution in [0.3, 0.4) is 0 Å². The number of carboxylic acid groups (broad SMARTS) is 1. The second kappa shape index (κ2) is 6.49. The van der Waals surface area contributed by atoms with Crippen LogP contribution in [0.5, 0.6) is 0 Å². The van der Waals surface area contributed by atoms with Crippen LogP contribution in [0.25, 0.3) is 0 Å². The minimum absolute atomic E-state index is 0.217. The van der Waals surface area contributed by atoms with Gasteiger partial charge in [-0.05, 0) is 40.5 Å². The molecule has 0 aliphatic carbocycles. The van der Waals surface area contributed by atoms with E-state index in [9.17, 15) is 14.0 Å². The summed E-state index contributed by atoms with van der Waals surface area (Å²) in [5.74, 6) is -2.20. The Kier molecular flexibility index (Phi) is 5.27. The average Bonchev–Trinajstić information content (AvgIpc) is 2.32. The van der Waals surface area contributed by atoms with E-state index in [1.165, 1.54) is 18.2 Å². The second-order valence-corrected chi connectivity index (χ2v) is 4.77. The number of rotatable bonds is 5. The first-order chi connectivity index (χ1) is 8.41. The number of benzene rings is 1. The van der Waals surface area contributed by atoms with Gasteiger partial charge in [0.2, 0.25) is 0 Å². The Bertz CT molecular complexity index is 465. The van der Waals surface area contributed by atoms with E-state index in [1.54, 1.807) is 6.92 Å². The highest BCUT2D eigenvalue weighted by Gasteiger charge is 2.12. The molecule has 1 amide bonds. The van der Waals surface area contributed by atoms with Crippen molar-refractivity contribution >= 4 is 27.8 Å². The van der Waals surface area contributed by atoms with Crippen molar-refractivity contribution in [2.45, 2.75) is 13.3 Å². The van der Waals surface area contributed by atoms with E-state index in [-0.39, 0.29) is 16.9 Å². The van der Waals surface area contributed by atoms with Gasteiger partial charge in [-0.15, -0.1) is 0 Å². The molecule has 4 nitrogen and oxygen atoms in total. The van der Waals surface area contributed by atoms with Crippen LogP contribution in [0.4, 0.5) is 4.39 Å². The predicted molar refractivity (Wildman–Crippen MR) is 67.9 cm³/mol. The maximum atomic E-state index is 13.0.